The number of aromatic nitrogens is 2. The Kier molecular flexibility index (Phi) is 4.34. The zero-order chi connectivity index (χ0) is 16.2. The van der Waals surface area contributed by atoms with Gasteiger partial charge in [-0.1, -0.05) is 6.07 Å². The fraction of sp³-hybridized carbons (Fsp3) is 0.176. The predicted octanol–water partition coefficient (Wildman–Crippen LogP) is 2.52. The Balaban J connectivity index is 2.08. The van der Waals surface area contributed by atoms with Crippen LogP contribution in [0.5, 0.6) is 0 Å². The Labute approximate surface area is 132 Å². The second kappa shape index (κ2) is 6.58. The highest BCUT2D eigenvalue weighted by Crippen LogP contribution is 2.25. The summed E-state index contributed by atoms with van der Waals surface area (Å²) in [6.45, 7) is 0.817. The lowest BCUT2D eigenvalue weighted by Crippen LogP contribution is -2.27. The molecule has 0 aliphatic rings. The van der Waals surface area contributed by atoms with Crippen molar-refractivity contribution in [3.8, 4) is 11.3 Å². The molecule has 0 saturated carbocycles. The molecule has 5 nitrogen and oxygen atoms in total. The first-order valence-electron chi connectivity index (χ1n) is 7.21. The summed E-state index contributed by atoms with van der Waals surface area (Å²) < 4.78 is 19.9. The standard InChI is InChI=1S/C17H16FN3O2/c1-23-11-9-19-17(22)15-16(12-5-7-13(18)8-6-12)21-10-3-2-4-14(21)20-15/h2-8,10H,9,11H2,1H3,(H,19,22). The van der Waals surface area contributed by atoms with Gasteiger partial charge in [0.2, 0.25) is 0 Å². The van der Waals surface area contributed by atoms with Crippen LogP contribution in [-0.2, 0) is 4.74 Å². The number of pyridine rings is 1. The van der Waals surface area contributed by atoms with Gasteiger partial charge in [0.1, 0.15) is 11.5 Å². The maximum atomic E-state index is 13.2. The van der Waals surface area contributed by atoms with E-state index in [1.165, 1.54) is 12.1 Å². The molecule has 1 amide bonds. The number of hydrogen-bond acceptors (Lipinski definition) is 3. The van der Waals surface area contributed by atoms with Gasteiger partial charge in [-0.25, -0.2) is 9.37 Å². The lowest BCUT2D eigenvalue weighted by molar-refractivity contribution is 0.0933. The molecular weight excluding hydrogens is 297 g/mol. The van der Waals surface area contributed by atoms with Gasteiger partial charge in [-0.05, 0) is 36.4 Å². The molecule has 0 spiro atoms. The number of halogens is 1. The molecule has 0 bridgehead atoms. The summed E-state index contributed by atoms with van der Waals surface area (Å²) in [5, 5.41) is 2.77. The average molecular weight is 313 g/mol. The van der Waals surface area contributed by atoms with Crippen LogP contribution in [0.2, 0.25) is 0 Å². The number of amides is 1. The highest BCUT2D eigenvalue weighted by molar-refractivity contribution is 5.99. The Hall–Kier alpha value is -2.73. The lowest BCUT2D eigenvalue weighted by Gasteiger charge is -2.06. The van der Waals surface area contributed by atoms with E-state index >= 15 is 0 Å². The van der Waals surface area contributed by atoms with Crippen LogP contribution in [0.1, 0.15) is 10.5 Å². The van der Waals surface area contributed by atoms with E-state index in [0.29, 0.717) is 30.2 Å². The van der Waals surface area contributed by atoms with Crippen LogP contribution in [0.3, 0.4) is 0 Å². The summed E-state index contributed by atoms with van der Waals surface area (Å²) in [7, 11) is 1.57. The van der Waals surface area contributed by atoms with Crippen LogP contribution in [0, 0.1) is 5.82 Å². The highest BCUT2D eigenvalue weighted by atomic mass is 19.1. The van der Waals surface area contributed by atoms with Gasteiger partial charge in [0.05, 0.1) is 12.3 Å². The van der Waals surface area contributed by atoms with Crippen molar-refractivity contribution in [1.82, 2.24) is 14.7 Å². The number of methoxy groups -OCH3 is 1. The Morgan fingerprint density at radius 3 is 2.78 bits per heavy atom. The first-order valence-corrected chi connectivity index (χ1v) is 7.21. The lowest BCUT2D eigenvalue weighted by atomic mass is 10.1. The van der Waals surface area contributed by atoms with Crippen LogP contribution < -0.4 is 5.32 Å². The van der Waals surface area contributed by atoms with Gasteiger partial charge in [0.25, 0.3) is 5.91 Å². The van der Waals surface area contributed by atoms with E-state index < -0.39 is 0 Å². The maximum Gasteiger partial charge on any atom is 0.272 e. The molecule has 0 atom stereocenters. The Bertz CT molecular complexity index is 827. The molecule has 0 fully saturated rings. The topological polar surface area (TPSA) is 55.6 Å². The quantitative estimate of drug-likeness (QED) is 0.736. The minimum atomic E-state index is -0.325. The zero-order valence-electron chi connectivity index (χ0n) is 12.6. The normalized spacial score (nSPS) is 10.9. The van der Waals surface area contributed by atoms with E-state index in [1.54, 1.807) is 19.2 Å². The number of benzene rings is 1. The van der Waals surface area contributed by atoms with Crippen molar-refractivity contribution in [1.29, 1.82) is 0 Å². The molecular formula is C17H16FN3O2. The number of rotatable bonds is 5. The molecule has 1 N–H and O–H groups in total. The Morgan fingerprint density at radius 2 is 2.04 bits per heavy atom. The van der Waals surface area contributed by atoms with Crippen LogP contribution >= 0.6 is 0 Å². The van der Waals surface area contributed by atoms with E-state index in [2.05, 4.69) is 10.3 Å². The van der Waals surface area contributed by atoms with Crippen molar-refractivity contribution in [3.05, 3.63) is 60.2 Å². The number of nitrogens with zero attached hydrogens (tertiary/aromatic N) is 2. The molecule has 0 aliphatic heterocycles. The molecule has 3 aromatic rings. The minimum Gasteiger partial charge on any atom is -0.383 e. The summed E-state index contributed by atoms with van der Waals surface area (Å²) in [4.78, 5) is 16.8. The summed E-state index contributed by atoms with van der Waals surface area (Å²) in [5.74, 6) is -0.612. The van der Waals surface area contributed by atoms with Crippen molar-refractivity contribution in [2.24, 2.45) is 0 Å². The highest BCUT2D eigenvalue weighted by Gasteiger charge is 2.19. The van der Waals surface area contributed by atoms with Crippen molar-refractivity contribution in [2.75, 3.05) is 20.3 Å². The van der Waals surface area contributed by atoms with Crippen LogP contribution in [0.25, 0.3) is 16.9 Å². The first kappa shape index (κ1) is 15.2. The molecule has 118 valence electrons. The van der Waals surface area contributed by atoms with E-state index in [9.17, 15) is 9.18 Å². The molecule has 23 heavy (non-hydrogen) atoms. The van der Waals surface area contributed by atoms with E-state index in [1.807, 2.05) is 28.8 Å². The van der Waals surface area contributed by atoms with Gasteiger partial charge >= 0.3 is 0 Å². The second-order valence-electron chi connectivity index (χ2n) is 4.99. The third-order valence-electron chi connectivity index (χ3n) is 3.45. The molecule has 6 heteroatoms. The Morgan fingerprint density at radius 1 is 1.26 bits per heavy atom. The fourth-order valence-corrected chi connectivity index (χ4v) is 2.39. The van der Waals surface area contributed by atoms with Crippen LogP contribution in [0.4, 0.5) is 4.39 Å². The van der Waals surface area contributed by atoms with Gasteiger partial charge < -0.3 is 10.1 Å². The molecule has 0 radical (unpaired) electrons. The van der Waals surface area contributed by atoms with Gasteiger partial charge in [0, 0.05) is 25.4 Å². The molecule has 0 aliphatic carbocycles. The minimum absolute atomic E-state index is 0.287. The van der Waals surface area contributed by atoms with Crippen molar-refractivity contribution in [2.45, 2.75) is 0 Å². The van der Waals surface area contributed by atoms with Gasteiger partial charge in [0.15, 0.2) is 5.69 Å². The maximum absolute atomic E-state index is 13.2. The molecule has 0 saturated heterocycles. The van der Waals surface area contributed by atoms with Gasteiger partial charge in [-0.2, -0.15) is 0 Å². The molecule has 3 rings (SSSR count). The number of fused-ring (bicyclic) bond motifs is 1. The van der Waals surface area contributed by atoms with E-state index in [4.69, 9.17) is 4.74 Å². The van der Waals surface area contributed by atoms with Crippen molar-refractivity contribution in [3.63, 3.8) is 0 Å². The van der Waals surface area contributed by atoms with E-state index in [0.717, 1.165) is 5.56 Å². The number of imidazole rings is 1. The average Bonchev–Trinajstić information content (AvgIpc) is 2.95. The van der Waals surface area contributed by atoms with Crippen LogP contribution in [-0.4, -0.2) is 35.6 Å². The van der Waals surface area contributed by atoms with Crippen LogP contribution in [0.15, 0.2) is 48.7 Å². The fourth-order valence-electron chi connectivity index (χ4n) is 2.39. The molecule has 1 aromatic carbocycles. The number of carbonyl (C=O) groups excluding carboxylic acids is 1. The number of nitrogens with one attached hydrogen (secondary N) is 1. The summed E-state index contributed by atoms with van der Waals surface area (Å²) in [6, 6.07) is 11.5. The van der Waals surface area contributed by atoms with Crippen molar-refractivity contribution >= 4 is 11.6 Å². The largest absolute Gasteiger partial charge is 0.383 e. The molecule has 0 unspecified atom stereocenters. The van der Waals surface area contributed by atoms with Gasteiger partial charge in [-0.15, -0.1) is 0 Å². The number of carbonyl (C=O) groups is 1. The molecule has 2 aromatic heterocycles. The number of ether oxygens (including phenoxy) is 1. The van der Waals surface area contributed by atoms with E-state index in [-0.39, 0.29) is 11.7 Å². The third-order valence-corrected chi connectivity index (χ3v) is 3.45. The molecule has 2 heterocycles. The predicted molar refractivity (Wildman–Crippen MR) is 84.8 cm³/mol. The summed E-state index contributed by atoms with van der Waals surface area (Å²) in [5.41, 5.74) is 2.32. The summed E-state index contributed by atoms with van der Waals surface area (Å²) in [6.07, 6.45) is 1.83. The third kappa shape index (κ3) is 3.07. The van der Waals surface area contributed by atoms with Gasteiger partial charge in [-0.3, -0.25) is 9.20 Å². The first-order chi connectivity index (χ1) is 11.2. The number of hydrogen-bond donors (Lipinski definition) is 1. The zero-order valence-corrected chi connectivity index (χ0v) is 12.6. The summed E-state index contributed by atoms with van der Waals surface area (Å²) >= 11 is 0. The SMILES string of the molecule is COCCNC(=O)c1nc2ccccn2c1-c1ccc(F)cc1. The van der Waals surface area contributed by atoms with Crippen molar-refractivity contribution < 1.29 is 13.9 Å². The smallest absolute Gasteiger partial charge is 0.272 e. The second-order valence-corrected chi connectivity index (χ2v) is 4.99. The monoisotopic (exact) mass is 313 g/mol.